The Labute approximate surface area is 131 Å². The summed E-state index contributed by atoms with van der Waals surface area (Å²) in [5.41, 5.74) is 1.29. The minimum absolute atomic E-state index is 0.0911. The molecule has 0 amide bonds. The number of nitrogens with one attached hydrogen (secondary N) is 1. The van der Waals surface area contributed by atoms with Gasteiger partial charge in [-0.1, -0.05) is 40.6 Å². The van der Waals surface area contributed by atoms with E-state index in [0.717, 1.165) is 32.2 Å². The summed E-state index contributed by atoms with van der Waals surface area (Å²) >= 11 is 3.00. The lowest BCUT2D eigenvalue weighted by Gasteiger charge is -2.22. The third kappa shape index (κ3) is 4.10. The van der Waals surface area contributed by atoms with Gasteiger partial charge in [-0.05, 0) is 49.9 Å². The minimum atomic E-state index is -4.34. The van der Waals surface area contributed by atoms with Gasteiger partial charge in [0.1, 0.15) is 0 Å². The summed E-state index contributed by atoms with van der Waals surface area (Å²) in [6.45, 7) is 2.84. The van der Waals surface area contributed by atoms with Crippen LogP contribution in [0.2, 0.25) is 0 Å². The second-order valence-electron chi connectivity index (χ2n) is 5.30. The van der Waals surface area contributed by atoms with Gasteiger partial charge in [-0.15, -0.1) is 0 Å². The lowest BCUT2D eigenvalue weighted by Crippen LogP contribution is -2.24. The van der Waals surface area contributed by atoms with E-state index < -0.39 is 11.7 Å². The molecule has 21 heavy (non-hydrogen) atoms. The molecule has 1 atom stereocenters. The van der Waals surface area contributed by atoms with Crippen molar-refractivity contribution in [2.24, 2.45) is 0 Å². The molecule has 0 radical (unpaired) electrons. The van der Waals surface area contributed by atoms with Crippen molar-refractivity contribution in [1.82, 2.24) is 5.32 Å². The van der Waals surface area contributed by atoms with Gasteiger partial charge in [0, 0.05) is 4.47 Å². The third-order valence-electron chi connectivity index (χ3n) is 3.67. The van der Waals surface area contributed by atoms with E-state index in [1.54, 1.807) is 6.07 Å². The molecule has 0 aliphatic heterocycles. The van der Waals surface area contributed by atoms with Crippen LogP contribution in [0.4, 0.5) is 13.2 Å². The van der Waals surface area contributed by atoms with Crippen LogP contribution in [0.15, 0.2) is 34.3 Å². The highest BCUT2D eigenvalue weighted by atomic mass is 79.9. The summed E-state index contributed by atoms with van der Waals surface area (Å²) in [4.78, 5) is 0. The van der Waals surface area contributed by atoms with Gasteiger partial charge >= 0.3 is 6.18 Å². The molecule has 0 bridgehead atoms. The van der Waals surface area contributed by atoms with Gasteiger partial charge < -0.3 is 5.32 Å². The molecule has 0 saturated heterocycles. The summed E-state index contributed by atoms with van der Waals surface area (Å²) < 4.78 is 39.3. The number of benzene rings is 1. The molecular weight excluding hydrogens is 343 g/mol. The minimum Gasteiger partial charge on any atom is -0.307 e. The summed E-state index contributed by atoms with van der Waals surface area (Å²) in [5, 5.41) is 3.37. The monoisotopic (exact) mass is 361 g/mol. The first-order chi connectivity index (χ1) is 9.93. The number of rotatable bonds is 5. The zero-order chi connectivity index (χ0) is 15.5. The van der Waals surface area contributed by atoms with E-state index in [4.69, 9.17) is 0 Å². The van der Waals surface area contributed by atoms with Gasteiger partial charge in [-0.2, -0.15) is 13.2 Å². The fraction of sp³-hybridized carbons (Fsp3) is 0.500. The zero-order valence-corrected chi connectivity index (χ0v) is 13.5. The van der Waals surface area contributed by atoms with Crippen molar-refractivity contribution in [3.8, 4) is 0 Å². The highest BCUT2D eigenvalue weighted by molar-refractivity contribution is 9.10. The molecule has 116 valence electrons. The van der Waals surface area contributed by atoms with Crippen LogP contribution in [0, 0.1) is 0 Å². The Bertz CT molecular complexity index is 523. The van der Waals surface area contributed by atoms with Crippen molar-refractivity contribution in [3.63, 3.8) is 0 Å². The predicted octanol–water partition coefficient (Wildman–Crippen LogP) is 5.62. The van der Waals surface area contributed by atoms with Crippen LogP contribution < -0.4 is 5.32 Å². The average Bonchev–Trinajstić information content (AvgIpc) is 2.93. The Morgan fingerprint density at radius 2 is 2.10 bits per heavy atom. The molecule has 5 heteroatoms. The Morgan fingerprint density at radius 1 is 1.33 bits per heavy atom. The van der Waals surface area contributed by atoms with Crippen LogP contribution in [0.1, 0.15) is 49.8 Å². The predicted molar refractivity (Wildman–Crippen MR) is 82.1 cm³/mol. The Balaban J connectivity index is 2.35. The van der Waals surface area contributed by atoms with Gasteiger partial charge in [0.15, 0.2) is 0 Å². The van der Waals surface area contributed by atoms with Crippen molar-refractivity contribution in [3.05, 3.63) is 45.4 Å². The standard InChI is InChI=1S/C16H19BrF3N/c1-2-9-21-15(11-5-3-4-6-11)12-7-8-14(17)13(10-12)16(18,19)20/h5,7-8,10,15,21H,2-4,6,9H2,1H3. The second kappa shape index (κ2) is 6.97. The van der Waals surface area contributed by atoms with E-state index in [0.29, 0.717) is 5.56 Å². The first-order valence-corrected chi connectivity index (χ1v) is 8.01. The zero-order valence-electron chi connectivity index (χ0n) is 11.9. The Kier molecular flexibility index (Phi) is 5.49. The van der Waals surface area contributed by atoms with Gasteiger partial charge in [-0.25, -0.2) is 0 Å². The van der Waals surface area contributed by atoms with E-state index in [1.165, 1.54) is 17.7 Å². The molecule has 0 aromatic heterocycles. The second-order valence-corrected chi connectivity index (χ2v) is 6.15. The van der Waals surface area contributed by atoms with Crippen LogP contribution >= 0.6 is 15.9 Å². The summed E-state index contributed by atoms with van der Waals surface area (Å²) in [5.74, 6) is 0. The van der Waals surface area contributed by atoms with E-state index >= 15 is 0 Å². The lowest BCUT2D eigenvalue weighted by molar-refractivity contribution is -0.138. The van der Waals surface area contributed by atoms with Crippen molar-refractivity contribution in [2.45, 2.75) is 44.8 Å². The van der Waals surface area contributed by atoms with Crippen LogP contribution in [-0.4, -0.2) is 6.54 Å². The van der Waals surface area contributed by atoms with E-state index in [1.807, 2.05) is 0 Å². The maximum atomic E-state index is 13.1. The number of hydrogen-bond donors (Lipinski definition) is 1. The SMILES string of the molecule is CCCNC(C1=CCCC1)c1ccc(Br)c(C(F)(F)F)c1. The summed E-state index contributed by atoms with van der Waals surface area (Å²) in [7, 11) is 0. The van der Waals surface area contributed by atoms with E-state index in [2.05, 4.69) is 34.2 Å². The highest BCUT2D eigenvalue weighted by Crippen LogP contribution is 2.38. The average molecular weight is 362 g/mol. The molecule has 1 aromatic rings. The van der Waals surface area contributed by atoms with Gasteiger partial charge in [0.25, 0.3) is 0 Å². The van der Waals surface area contributed by atoms with Gasteiger partial charge in [0.2, 0.25) is 0 Å². The number of halogens is 4. The highest BCUT2D eigenvalue weighted by Gasteiger charge is 2.34. The van der Waals surface area contributed by atoms with E-state index in [9.17, 15) is 13.2 Å². The molecule has 0 spiro atoms. The van der Waals surface area contributed by atoms with Crippen molar-refractivity contribution >= 4 is 15.9 Å². The third-order valence-corrected chi connectivity index (χ3v) is 4.37. The Hall–Kier alpha value is -0.810. The molecule has 2 rings (SSSR count). The first-order valence-electron chi connectivity index (χ1n) is 7.22. The normalized spacial score (nSPS) is 16.9. The summed E-state index contributed by atoms with van der Waals surface area (Å²) in [6, 6.07) is 4.41. The lowest BCUT2D eigenvalue weighted by atomic mass is 9.96. The molecule has 1 aliphatic carbocycles. The smallest absolute Gasteiger partial charge is 0.307 e. The van der Waals surface area contributed by atoms with Crippen LogP contribution in [0.25, 0.3) is 0 Å². The van der Waals surface area contributed by atoms with Crippen molar-refractivity contribution in [1.29, 1.82) is 0 Å². The molecule has 1 unspecified atom stereocenters. The molecule has 0 fully saturated rings. The maximum Gasteiger partial charge on any atom is 0.417 e. The molecule has 0 saturated carbocycles. The van der Waals surface area contributed by atoms with Crippen LogP contribution in [-0.2, 0) is 6.18 Å². The quantitative estimate of drug-likeness (QED) is 0.671. The number of allylic oxidation sites excluding steroid dienone is 1. The molecule has 1 aromatic carbocycles. The number of alkyl halides is 3. The first kappa shape index (κ1) is 16.6. The molecule has 1 nitrogen and oxygen atoms in total. The molecule has 0 heterocycles. The van der Waals surface area contributed by atoms with Crippen molar-refractivity contribution < 1.29 is 13.2 Å². The van der Waals surface area contributed by atoms with E-state index in [-0.39, 0.29) is 10.5 Å². The Morgan fingerprint density at radius 3 is 2.67 bits per heavy atom. The topological polar surface area (TPSA) is 12.0 Å². The van der Waals surface area contributed by atoms with Crippen LogP contribution in [0.3, 0.4) is 0 Å². The summed E-state index contributed by atoms with van der Waals surface area (Å²) in [6.07, 6.45) is 1.83. The fourth-order valence-corrected chi connectivity index (χ4v) is 3.12. The number of hydrogen-bond acceptors (Lipinski definition) is 1. The molecule has 1 aliphatic rings. The maximum absolute atomic E-state index is 13.1. The molecule has 1 N–H and O–H groups in total. The van der Waals surface area contributed by atoms with Crippen LogP contribution in [0.5, 0.6) is 0 Å². The van der Waals surface area contributed by atoms with Gasteiger partial charge in [-0.3, -0.25) is 0 Å². The molecular formula is C16H19BrF3N. The van der Waals surface area contributed by atoms with Gasteiger partial charge in [0.05, 0.1) is 11.6 Å². The van der Waals surface area contributed by atoms with Crippen molar-refractivity contribution in [2.75, 3.05) is 6.54 Å². The largest absolute Gasteiger partial charge is 0.417 e. The fourth-order valence-electron chi connectivity index (χ4n) is 2.65.